The first-order valence-corrected chi connectivity index (χ1v) is 2.90. The summed E-state index contributed by atoms with van der Waals surface area (Å²) < 4.78 is 0. The van der Waals surface area contributed by atoms with Crippen molar-refractivity contribution in [2.45, 2.75) is 0 Å². The normalized spacial score (nSPS) is 8.36. The average molecular weight is 148 g/mol. The van der Waals surface area contributed by atoms with E-state index in [-0.39, 0.29) is 5.57 Å². The van der Waals surface area contributed by atoms with Gasteiger partial charge in [-0.1, -0.05) is 0 Å². The van der Waals surface area contributed by atoms with Gasteiger partial charge in [-0.2, -0.15) is 10.5 Å². The molecular weight excluding hydrogens is 140 g/mol. The summed E-state index contributed by atoms with van der Waals surface area (Å²) in [6.07, 6.45) is 2.73. The van der Waals surface area contributed by atoms with Crippen molar-refractivity contribution in [1.82, 2.24) is 4.90 Å². The lowest BCUT2D eigenvalue weighted by molar-refractivity contribution is 0.643. The van der Waals surface area contributed by atoms with Crippen LogP contribution in [0.3, 0.4) is 0 Å². The molecule has 4 nitrogen and oxygen atoms in total. The molecule has 0 aromatic heterocycles. The highest BCUT2D eigenvalue weighted by molar-refractivity contribution is 5.55. The van der Waals surface area contributed by atoms with Crippen molar-refractivity contribution in [2.75, 3.05) is 14.1 Å². The van der Waals surface area contributed by atoms with Crippen LogP contribution in [0.15, 0.2) is 16.8 Å². The Hall–Kier alpha value is -1.81. The van der Waals surface area contributed by atoms with Gasteiger partial charge in [-0.05, 0) is 0 Å². The second kappa shape index (κ2) is 5.01. The van der Waals surface area contributed by atoms with Crippen molar-refractivity contribution < 1.29 is 0 Å². The zero-order valence-corrected chi connectivity index (χ0v) is 6.44. The fourth-order valence-corrected chi connectivity index (χ4v) is 0.324. The van der Waals surface area contributed by atoms with Gasteiger partial charge in [-0.15, -0.1) is 0 Å². The Labute approximate surface area is 65.7 Å². The molecule has 0 spiro atoms. The van der Waals surface area contributed by atoms with Crippen molar-refractivity contribution in [1.29, 1.82) is 10.5 Å². The number of rotatable bonds is 2. The molecule has 0 amide bonds. The Morgan fingerprint density at radius 1 is 1.36 bits per heavy atom. The van der Waals surface area contributed by atoms with Gasteiger partial charge in [0.15, 0.2) is 0 Å². The van der Waals surface area contributed by atoms with Gasteiger partial charge in [0, 0.05) is 14.1 Å². The molecule has 0 aliphatic heterocycles. The summed E-state index contributed by atoms with van der Waals surface area (Å²) in [5, 5.41) is 16.5. The third-order valence-electron chi connectivity index (χ3n) is 0.742. The molecule has 11 heavy (non-hydrogen) atoms. The van der Waals surface area contributed by atoms with Crippen molar-refractivity contribution in [3.05, 3.63) is 11.8 Å². The summed E-state index contributed by atoms with van der Waals surface area (Å²) in [7, 11) is 3.60. The Morgan fingerprint density at radius 3 is 2.27 bits per heavy atom. The maximum absolute atomic E-state index is 8.26. The Kier molecular flexibility index (Phi) is 4.19. The molecule has 0 fully saturated rings. The summed E-state index contributed by atoms with van der Waals surface area (Å²) in [6, 6.07) is 3.39. The molecule has 4 heteroatoms. The van der Waals surface area contributed by atoms with Crippen LogP contribution in [0.2, 0.25) is 0 Å². The number of aliphatic imine (C=N–C) groups is 1. The predicted molar refractivity (Wildman–Crippen MR) is 41.5 cm³/mol. The maximum Gasteiger partial charge on any atom is 0.147 e. The van der Waals surface area contributed by atoms with E-state index >= 15 is 0 Å². The first kappa shape index (κ1) is 9.19. The van der Waals surface area contributed by atoms with Crippen LogP contribution in [0.1, 0.15) is 0 Å². The van der Waals surface area contributed by atoms with E-state index in [4.69, 9.17) is 10.5 Å². The van der Waals surface area contributed by atoms with Gasteiger partial charge in [-0.3, -0.25) is 0 Å². The van der Waals surface area contributed by atoms with E-state index in [2.05, 4.69) is 4.99 Å². The predicted octanol–water partition coefficient (Wildman–Crippen LogP) is 0.507. The summed E-state index contributed by atoms with van der Waals surface area (Å²) >= 11 is 0. The second-order valence-corrected chi connectivity index (χ2v) is 1.99. The van der Waals surface area contributed by atoms with E-state index in [0.29, 0.717) is 0 Å². The number of nitrogens with zero attached hydrogens (tertiary/aromatic N) is 4. The van der Waals surface area contributed by atoms with E-state index < -0.39 is 0 Å². The molecule has 0 saturated carbocycles. The second-order valence-electron chi connectivity index (χ2n) is 1.99. The van der Waals surface area contributed by atoms with Crippen LogP contribution in [-0.4, -0.2) is 25.3 Å². The molecule has 0 bridgehead atoms. The van der Waals surface area contributed by atoms with Gasteiger partial charge < -0.3 is 4.90 Å². The summed E-state index contributed by atoms with van der Waals surface area (Å²) in [5.74, 6) is 0. The molecule has 0 aromatic carbocycles. The summed E-state index contributed by atoms with van der Waals surface area (Å²) in [5.41, 5.74) is 0.00287. The molecule has 0 radical (unpaired) electrons. The van der Waals surface area contributed by atoms with Crippen LogP contribution in [0.25, 0.3) is 0 Å². The van der Waals surface area contributed by atoms with Gasteiger partial charge in [0.1, 0.15) is 17.7 Å². The molecule has 0 N–H and O–H groups in total. The van der Waals surface area contributed by atoms with Crippen LogP contribution in [-0.2, 0) is 0 Å². The van der Waals surface area contributed by atoms with Crippen molar-refractivity contribution in [3.8, 4) is 12.1 Å². The monoisotopic (exact) mass is 148 g/mol. The minimum absolute atomic E-state index is 0.00287. The van der Waals surface area contributed by atoms with Crippen molar-refractivity contribution in [3.63, 3.8) is 0 Å². The van der Waals surface area contributed by atoms with E-state index in [1.54, 1.807) is 31.1 Å². The molecule has 0 aliphatic rings. The lowest BCUT2D eigenvalue weighted by Gasteiger charge is -1.99. The van der Waals surface area contributed by atoms with E-state index in [1.807, 2.05) is 0 Å². The van der Waals surface area contributed by atoms with Gasteiger partial charge in [0.25, 0.3) is 0 Å². The molecule has 0 unspecified atom stereocenters. The van der Waals surface area contributed by atoms with Crippen LogP contribution in [0.5, 0.6) is 0 Å². The van der Waals surface area contributed by atoms with Crippen LogP contribution >= 0.6 is 0 Å². The van der Waals surface area contributed by atoms with Gasteiger partial charge in [0.05, 0.1) is 12.5 Å². The smallest absolute Gasteiger partial charge is 0.147 e. The molecule has 0 aliphatic carbocycles. The first-order valence-electron chi connectivity index (χ1n) is 2.90. The minimum atomic E-state index is 0.00287. The zero-order chi connectivity index (χ0) is 8.69. The standard InChI is InChI=1S/C7H8N4/c1-11(2)6-10-5-7(3-8)4-9/h5-6H,1-2H3. The van der Waals surface area contributed by atoms with Crippen molar-refractivity contribution >= 4 is 6.34 Å². The van der Waals surface area contributed by atoms with Crippen molar-refractivity contribution in [2.24, 2.45) is 4.99 Å². The van der Waals surface area contributed by atoms with Crippen LogP contribution < -0.4 is 0 Å². The van der Waals surface area contributed by atoms with Gasteiger partial charge in [-0.25, -0.2) is 4.99 Å². The average Bonchev–Trinajstić information content (AvgIpc) is 1.98. The summed E-state index contributed by atoms with van der Waals surface area (Å²) in [4.78, 5) is 5.42. The van der Waals surface area contributed by atoms with Crippen LogP contribution in [0, 0.1) is 22.7 Å². The Morgan fingerprint density at radius 2 is 1.91 bits per heavy atom. The van der Waals surface area contributed by atoms with Crippen LogP contribution in [0.4, 0.5) is 0 Å². The fraction of sp³-hybridized carbons (Fsp3) is 0.286. The number of hydrogen-bond acceptors (Lipinski definition) is 3. The summed E-state index contributed by atoms with van der Waals surface area (Å²) in [6.45, 7) is 0. The van der Waals surface area contributed by atoms with Gasteiger partial charge in [0.2, 0.25) is 0 Å². The topological polar surface area (TPSA) is 63.2 Å². The third-order valence-corrected chi connectivity index (χ3v) is 0.742. The number of hydrogen-bond donors (Lipinski definition) is 0. The molecule has 0 aromatic rings. The molecular formula is C7H8N4. The highest BCUT2D eigenvalue weighted by Gasteiger charge is 1.86. The molecule has 0 rings (SSSR count). The van der Waals surface area contributed by atoms with E-state index in [0.717, 1.165) is 0 Å². The molecule has 0 heterocycles. The highest BCUT2D eigenvalue weighted by Crippen LogP contribution is 1.87. The first-order chi connectivity index (χ1) is 5.20. The van der Waals surface area contributed by atoms with E-state index in [1.165, 1.54) is 12.5 Å². The number of nitriles is 2. The lowest BCUT2D eigenvalue weighted by atomic mass is 10.4. The maximum atomic E-state index is 8.26. The highest BCUT2D eigenvalue weighted by atomic mass is 15.1. The quantitative estimate of drug-likeness (QED) is 0.325. The van der Waals surface area contributed by atoms with Gasteiger partial charge >= 0.3 is 0 Å². The zero-order valence-electron chi connectivity index (χ0n) is 6.44. The molecule has 56 valence electrons. The minimum Gasteiger partial charge on any atom is -0.369 e. The number of allylic oxidation sites excluding steroid dienone is 1. The fourth-order valence-electron chi connectivity index (χ4n) is 0.324. The largest absolute Gasteiger partial charge is 0.369 e. The van der Waals surface area contributed by atoms with E-state index in [9.17, 15) is 0 Å². The third kappa shape index (κ3) is 4.68. The molecule has 0 atom stereocenters. The Bertz CT molecular complexity index is 233. The Balaban J connectivity index is 4.15. The SMILES string of the molecule is CN(C)C=NC=C(C#N)C#N. The molecule has 0 saturated heterocycles. The lowest BCUT2D eigenvalue weighted by Crippen LogP contribution is -2.06.